The van der Waals surface area contributed by atoms with E-state index in [4.69, 9.17) is 5.73 Å². The average molecular weight is 416 g/mol. The van der Waals surface area contributed by atoms with E-state index in [9.17, 15) is 22.4 Å². The van der Waals surface area contributed by atoms with Gasteiger partial charge in [0.05, 0.1) is 5.56 Å². The third-order valence-corrected chi connectivity index (χ3v) is 6.26. The smallest absolute Gasteiger partial charge is 0.285 e. The van der Waals surface area contributed by atoms with Crippen molar-refractivity contribution in [2.24, 2.45) is 10.1 Å². The number of halogens is 1. The highest BCUT2D eigenvalue weighted by Crippen LogP contribution is 2.31. The van der Waals surface area contributed by atoms with Crippen LogP contribution in [0.15, 0.2) is 51.8 Å². The Bertz CT molecular complexity index is 1160. The van der Waals surface area contributed by atoms with Gasteiger partial charge in [0.25, 0.3) is 15.9 Å². The number of nitrogens with one attached hydrogen (secondary N) is 1. The summed E-state index contributed by atoms with van der Waals surface area (Å²) < 4.78 is 42.2. The molecule has 2 aliphatic rings. The number of carbonyl (C=O) groups is 2. The molecular formula is C19H17FN4O4S. The first-order chi connectivity index (χ1) is 13.8. The second-order valence-corrected chi connectivity index (χ2v) is 8.36. The number of amidine groups is 1. The van der Waals surface area contributed by atoms with E-state index >= 15 is 0 Å². The molecule has 4 rings (SSSR count). The molecule has 2 amide bonds. The molecule has 1 saturated heterocycles. The molecule has 0 aromatic heterocycles. The summed E-state index contributed by atoms with van der Waals surface area (Å²) in [4.78, 5) is 25.9. The predicted octanol–water partition coefficient (Wildman–Crippen LogP) is 1.48. The Morgan fingerprint density at radius 2 is 1.97 bits per heavy atom. The summed E-state index contributed by atoms with van der Waals surface area (Å²) in [5, 5.41) is 2.65. The van der Waals surface area contributed by atoms with Crippen LogP contribution in [0.2, 0.25) is 0 Å². The van der Waals surface area contributed by atoms with Crippen LogP contribution >= 0.6 is 0 Å². The van der Waals surface area contributed by atoms with Crippen molar-refractivity contribution in [2.45, 2.75) is 23.8 Å². The van der Waals surface area contributed by atoms with Gasteiger partial charge in [0.1, 0.15) is 16.8 Å². The van der Waals surface area contributed by atoms with Crippen molar-refractivity contribution >= 4 is 33.4 Å². The first-order valence-corrected chi connectivity index (χ1v) is 10.3. The molecule has 0 radical (unpaired) electrons. The molecule has 2 heterocycles. The first-order valence-electron chi connectivity index (χ1n) is 8.89. The van der Waals surface area contributed by atoms with Gasteiger partial charge in [0.2, 0.25) is 5.91 Å². The summed E-state index contributed by atoms with van der Waals surface area (Å²) in [6.07, 6.45) is 1.17. The summed E-state index contributed by atoms with van der Waals surface area (Å²) in [6.45, 7) is 0.469. The fraction of sp³-hybridized carbons (Fsp3) is 0.211. The zero-order valence-electron chi connectivity index (χ0n) is 15.1. The summed E-state index contributed by atoms with van der Waals surface area (Å²) in [5.74, 6) is -1.88. The molecule has 0 aliphatic carbocycles. The lowest BCUT2D eigenvalue weighted by molar-refractivity contribution is -0.119. The van der Waals surface area contributed by atoms with Crippen LogP contribution in [0.3, 0.4) is 0 Å². The summed E-state index contributed by atoms with van der Waals surface area (Å²) >= 11 is 0. The second-order valence-electron chi connectivity index (χ2n) is 6.79. The number of sulfonamides is 1. The Labute approximate surface area is 166 Å². The summed E-state index contributed by atoms with van der Waals surface area (Å²) in [6, 6.07) is 9.36. The highest BCUT2D eigenvalue weighted by Gasteiger charge is 2.39. The molecule has 2 aliphatic heterocycles. The number of hydrogen-bond acceptors (Lipinski definition) is 5. The third-order valence-electron chi connectivity index (χ3n) is 4.94. The van der Waals surface area contributed by atoms with E-state index in [1.54, 1.807) is 23.1 Å². The van der Waals surface area contributed by atoms with Gasteiger partial charge in [-0.3, -0.25) is 9.59 Å². The molecule has 2 aromatic rings. The van der Waals surface area contributed by atoms with Crippen molar-refractivity contribution < 1.29 is 22.4 Å². The number of benzene rings is 2. The number of carbonyl (C=O) groups excluding carboxylic acids is 2. The number of hydrogen-bond donors (Lipinski definition) is 2. The zero-order valence-corrected chi connectivity index (χ0v) is 15.9. The van der Waals surface area contributed by atoms with Crippen molar-refractivity contribution in [1.82, 2.24) is 4.90 Å². The Morgan fingerprint density at radius 3 is 2.72 bits per heavy atom. The fourth-order valence-corrected chi connectivity index (χ4v) is 4.82. The third kappa shape index (κ3) is 3.35. The van der Waals surface area contributed by atoms with Gasteiger partial charge in [-0.05, 0) is 43.2 Å². The van der Waals surface area contributed by atoms with Crippen molar-refractivity contribution in [3.8, 4) is 0 Å². The minimum Gasteiger partial charge on any atom is -0.366 e. The van der Waals surface area contributed by atoms with Crippen LogP contribution in [-0.4, -0.2) is 43.6 Å². The molecule has 2 aromatic carbocycles. The lowest BCUT2D eigenvalue weighted by Gasteiger charge is -2.25. The van der Waals surface area contributed by atoms with E-state index in [-0.39, 0.29) is 22.0 Å². The van der Waals surface area contributed by atoms with Crippen molar-refractivity contribution in [3.05, 3.63) is 59.4 Å². The van der Waals surface area contributed by atoms with E-state index in [1.807, 2.05) is 0 Å². The molecule has 3 N–H and O–H groups in total. The van der Waals surface area contributed by atoms with Crippen molar-refractivity contribution in [2.75, 3.05) is 11.9 Å². The maximum Gasteiger partial charge on any atom is 0.285 e. The maximum atomic E-state index is 13.6. The largest absolute Gasteiger partial charge is 0.366 e. The number of fused-ring (bicyclic) bond motifs is 1. The molecule has 1 atom stereocenters. The lowest BCUT2D eigenvalue weighted by Crippen LogP contribution is -2.43. The fourth-order valence-electron chi connectivity index (χ4n) is 3.61. The molecular weight excluding hydrogens is 399 g/mol. The number of likely N-dealkylation sites (tertiary alicyclic amines) is 1. The van der Waals surface area contributed by atoms with Gasteiger partial charge in [-0.1, -0.05) is 12.1 Å². The topological polar surface area (TPSA) is 122 Å². The van der Waals surface area contributed by atoms with Crippen LogP contribution < -0.4 is 11.1 Å². The van der Waals surface area contributed by atoms with Gasteiger partial charge < -0.3 is 16.0 Å². The molecule has 0 spiro atoms. The molecule has 1 fully saturated rings. The zero-order chi connectivity index (χ0) is 20.8. The number of nitrogens with two attached hydrogens (primary N) is 1. The molecule has 29 heavy (non-hydrogen) atoms. The molecule has 10 heteroatoms. The van der Waals surface area contributed by atoms with E-state index < -0.39 is 33.7 Å². The van der Waals surface area contributed by atoms with Crippen LogP contribution in [0.25, 0.3) is 0 Å². The molecule has 0 saturated carbocycles. The maximum absolute atomic E-state index is 13.6. The van der Waals surface area contributed by atoms with E-state index in [2.05, 4.69) is 9.71 Å². The van der Waals surface area contributed by atoms with E-state index in [0.29, 0.717) is 24.9 Å². The molecule has 8 nitrogen and oxygen atoms in total. The van der Waals surface area contributed by atoms with Gasteiger partial charge in [0, 0.05) is 17.8 Å². The number of nitrogens with zero attached hydrogens (tertiary/aromatic N) is 2. The minimum absolute atomic E-state index is 0.116. The van der Waals surface area contributed by atoms with Crippen LogP contribution in [0.5, 0.6) is 0 Å². The highest BCUT2D eigenvalue weighted by atomic mass is 32.2. The van der Waals surface area contributed by atoms with Crippen LogP contribution in [0.4, 0.5) is 10.1 Å². The van der Waals surface area contributed by atoms with Gasteiger partial charge in [-0.25, -0.2) is 4.39 Å². The Hall–Kier alpha value is -3.27. The summed E-state index contributed by atoms with van der Waals surface area (Å²) in [5.41, 5.74) is 5.50. The average Bonchev–Trinajstić information content (AvgIpc) is 3.26. The van der Waals surface area contributed by atoms with Crippen LogP contribution in [0.1, 0.15) is 28.8 Å². The van der Waals surface area contributed by atoms with Crippen LogP contribution in [0, 0.1) is 5.82 Å². The highest BCUT2D eigenvalue weighted by molar-refractivity contribution is 7.90. The molecule has 150 valence electrons. The monoisotopic (exact) mass is 416 g/mol. The molecule has 0 bridgehead atoms. The minimum atomic E-state index is -3.80. The van der Waals surface area contributed by atoms with E-state index in [1.165, 1.54) is 18.2 Å². The number of anilines is 1. The van der Waals surface area contributed by atoms with Gasteiger partial charge >= 0.3 is 0 Å². The van der Waals surface area contributed by atoms with Gasteiger partial charge in [0.15, 0.2) is 5.84 Å². The van der Waals surface area contributed by atoms with Crippen LogP contribution in [-0.2, 0) is 14.8 Å². The quantitative estimate of drug-likeness (QED) is 0.785. The standard InChI is InChI=1S/C19H17FN4O4S/c20-14-8-7-11(10-13(14)17(21)25)22-19(26)15-5-3-9-24(15)18-12-4-1-2-6-16(12)29(27,28)23-18/h1-2,4,6-8,10,15H,3,5,9H2,(H2,21,25)(H,22,26)/t15-/m0/s1. The van der Waals surface area contributed by atoms with Crippen molar-refractivity contribution in [1.29, 1.82) is 0 Å². The SMILES string of the molecule is NC(=O)c1cc(NC(=O)[C@@H]2CCCN2C2=NS(=O)(=O)c3ccccc32)ccc1F. The number of rotatable bonds is 3. The predicted molar refractivity (Wildman–Crippen MR) is 103 cm³/mol. The summed E-state index contributed by atoms with van der Waals surface area (Å²) in [7, 11) is -3.80. The molecule has 0 unspecified atom stereocenters. The van der Waals surface area contributed by atoms with Gasteiger partial charge in [-0.2, -0.15) is 8.42 Å². The normalized spacial score (nSPS) is 19.6. The Balaban J connectivity index is 1.61. The Kier molecular flexibility index (Phi) is 4.58. The second kappa shape index (κ2) is 6.96. The lowest BCUT2D eigenvalue weighted by atomic mass is 10.1. The van der Waals surface area contributed by atoms with E-state index in [0.717, 1.165) is 6.07 Å². The number of amides is 2. The van der Waals surface area contributed by atoms with Gasteiger partial charge in [-0.15, -0.1) is 4.40 Å². The first kappa shape index (κ1) is 19.1. The number of primary amides is 1. The Morgan fingerprint density at radius 1 is 1.21 bits per heavy atom. The van der Waals surface area contributed by atoms with Crippen molar-refractivity contribution in [3.63, 3.8) is 0 Å².